The van der Waals surface area contributed by atoms with Crippen LogP contribution in [0.4, 0.5) is 5.69 Å². The Hall–Kier alpha value is -2.13. The summed E-state index contributed by atoms with van der Waals surface area (Å²) >= 11 is 2.12. The zero-order valence-corrected chi connectivity index (χ0v) is 16.0. The Balaban J connectivity index is 1.74. The van der Waals surface area contributed by atoms with Crippen LogP contribution in [0.25, 0.3) is 0 Å². The number of furan rings is 1. The summed E-state index contributed by atoms with van der Waals surface area (Å²) in [6.45, 7) is 0. The largest absolute Gasteiger partial charge is 0.455 e. The predicted molar refractivity (Wildman–Crippen MR) is 103 cm³/mol. The molecule has 0 aliphatic carbocycles. The third-order valence-corrected chi connectivity index (χ3v) is 6.04. The molecule has 1 aromatic heterocycles. The molecule has 0 bridgehead atoms. The van der Waals surface area contributed by atoms with Crippen LogP contribution in [0.5, 0.6) is 0 Å². The number of sulfone groups is 1. The van der Waals surface area contributed by atoms with Gasteiger partial charge in [0.05, 0.1) is 10.6 Å². The molecule has 1 N–H and O–H groups in total. The summed E-state index contributed by atoms with van der Waals surface area (Å²) in [5.74, 6) is -0.435. The molecule has 0 saturated carbocycles. The first-order chi connectivity index (χ1) is 12.0. The molecule has 0 atom stereocenters. The van der Waals surface area contributed by atoms with Crippen molar-refractivity contribution in [3.63, 3.8) is 0 Å². The maximum absolute atomic E-state index is 12.4. The molecule has 7 heteroatoms. The number of benzene rings is 2. The lowest BCUT2D eigenvalue weighted by Gasteiger charge is -2.05. The molecule has 3 rings (SSSR count). The number of hydrogen-bond donors (Lipinski definition) is 1. The highest BCUT2D eigenvalue weighted by Crippen LogP contribution is 2.20. The zero-order chi connectivity index (χ0) is 17.9. The summed E-state index contributed by atoms with van der Waals surface area (Å²) < 4.78 is 31.0. The first kappa shape index (κ1) is 17.7. The monoisotopic (exact) mass is 467 g/mol. The summed E-state index contributed by atoms with van der Waals surface area (Å²) in [6, 6.07) is 18.5. The molecule has 0 radical (unpaired) electrons. The van der Waals surface area contributed by atoms with Gasteiger partial charge in [0, 0.05) is 3.57 Å². The fourth-order valence-corrected chi connectivity index (χ4v) is 4.01. The molecule has 128 valence electrons. The molecule has 0 aliphatic rings. The number of nitrogens with one attached hydrogen (secondary N) is 1. The molecule has 5 nitrogen and oxygen atoms in total. The standard InChI is InChI=1S/C18H14INO4S/c19-15-8-4-5-9-16(15)20-18(21)17-11-10-13(24-17)12-25(22,23)14-6-2-1-3-7-14/h1-11H,12H2,(H,20,21). The quantitative estimate of drug-likeness (QED) is 0.574. The average molecular weight is 467 g/mol. The molecule has 1 amide bonds. The van der Waals surface area contributed by atoms with E-state index in [0.29, 0.717) is 5.69 Å². The number of carbonyl (C=O) groups excluding carboxylic acids is 1. The Bertz CT molecular complexity index is 997. The lowest BCUT2D eigenvalue weighted by atomic mass is 10.3. The Morgan fingerprint density at radius 2 is 1.64 bits per heavy atom. The normalized spacial score (nSPS) is 11.2. The zero-order valence-electron chi connectivity index (χ0n) is 13.0. The van der Waals surface area contributed by atoms with Crippen molar-refractivity contribution in [2.24, 2.45) is 0 Å². The van der Waals surface area contributed by atoms with Gasteiger partial charge in [0.15, 0.2) is 15.6 Å². The third kappa shape index (κ3) is 4.29. The molecular weight excluding hydrogens is 453 g/mol. The van der Waals surface area contributed by atoms with Crippen LogP contribution in [0.1, 0.15) is 16.3 Å². The first-order valence-corrected chi connectivity index (χ1v) is 10.1. The fraction of sp³-hybridized carbons (Fsp3) is 0.0556. The van der Waals surface area contributed by atoms with Gasteiger partial charge in [-0.15, -0.1) is 0 Å². The van der Waals surface area contributed by atoms with Crippen LogP contribution in [-0.2, 0) is 15.6 Å². The lowest BCUT2D eigenvalue weighted by Crippen LogP contribution is -2.11. The van der Waals surface area contributed by atoms with E-state index in [1.165, 1.54) is 24.3 Å². The lowest BCUT2D eigenvalue weighted by molar-refractivity contribution is 0.0995. The minimum Gasteiger partial charge on any atom is -0.455 e. The minimum absolute atomic E-state index is 0.0675. The molecule has 0 aliphatic heterocycles. The summed E-state index contributed by atoms with van der Waals surface area (Å²) in [7, 11) is -3.52. The number of halogens is 1. The van der Waals surface area contributed by atoms with Gasteiger partial charge in [-0.25, -0.2) is 8.42 Å². The Kier molecular flexibility index (Phi) is 5.24. The fourth-order valence-electron chi connectivity index (χ4n) is 2.22. The second kappa shape index (κ2) is 7.40. The van der Waals surface area contributed by atoms with Crippen molar-refractivity contribution in [3.05, 3.63) is 81.8 Å². The van der Waals surface area contributed by atoms with Crippen LogP contribution < -0.4 is 5.32 Å². The van der Waals surface area contributed by atoms with Gasteiger partial charge in [-0.3, -0.25) is 4.79 Å². The smallest absolute Gasteiger partial charge is 0.291 e. The maximum Gasteiger partial charge on any atom is 0.291 e. The second-order valence-corrected chi connectivity index (χ2v) is 8.42. The van der Waals surface area contributed by atoms with Crippen molar-refractivity contribution in [2.45, 2.75) is 10.6 Å². The van der Waals surface area contributed by atoms with Crippen molar-refractivity contribution in [3.8, 4) is 0 Å². The van der Waals surface area contributed by atoms with Gasteiger partial charge >= 0.3 is 0 Å². The molecule has 0 spiro atoms. The number of para-hydroxylation sites is 1. The molecule has 0 saturated heterocycles. The van der Waals surface area contributed by atoms with E-state index >= 15 is 0 Å². The Morgan fingerprint density at radius 1 is 0.960 bits per heavy atom. The van der Waals surface area contributed by atoms with Crippen molar-refractivity contribution < 1.29 is 17.6 Å². The van der Waals surface area contributed by atoms with Crippen molar-refractivity contribution in [1.29, 1.82) is 0 Å². The topological polar surface area (TPSA) is 76.4 Å². The molecule has 1 heterocycles. The molecule has 2 aromatic carbocycles. The van der Waals surface area contributed by atoms with Gasteiger partial charge in [-0.2, -0.15) is 0 Å². The molecule has 0 unspecified atom stereocenters. The molecule has 25 heavy (non-hydrogen) atoms. The summed E-state index contributed by atoms with van der Waals surface area (Å²) in [5.41, 5.74) is 0.669. The number of rotatable bonds is 5. The van der Waals surface area contributed by atoms with E-state index in [1.54, 1.807) is 24.3 Å². The number of anilines is 1. The summed E-state index contributed by atoms with van der Waals surface area (Å²) in [5, 5.41) is 2.74. The van der Waals surface area contributed by atoms with E-state index in [-0.39, 0.29) is 22.2 Å². The van der Waals surface area contributed by atoms with E-state index < -0.39 is 15.7 Å². The van der Waals surface area contributed by atoms with Gasteiger partial charge < -0.3 is 9.73 Å². The van der Waals surface area contributed by atoms with Crippen molar-refractivity contribution in [1.82, 2.24) is 0 Å². The first-order valence-electron chi connectivity index (χ1n) is 7.38. The van der Waals surface area contributed by atoms with Crippen LogP contribution in [-0.4, -0.2) is 14.3 Å². The van der Waals surface area contributed by atoms with Gasteiger partial charge in [-0.1, -0.05) is 30.3 Å². The molecule has 3 aromatic rings. The van der Waals surface area contributed by atoms with Crippen molar-refractivity contribution >= 4 is 44.0 Å². The highest BCUT2D eigenvalue weighted by atomic mass is 127. The van der Waals surface area contributed by atoms with Crippen LogP contribution in [0, 0.1) is 3.57 Å². The molecule has 0 fully saturated rings. The van der Waals surface area contributed by atoms with Gasteiger partial charge in [-0.05, 0) is 59.0 Å². The van der Waals surface area contributed by atoms with Gasteiger partial charge in [0.1, 0.15) is 11.5 Å². The van der Waals surface area contributed by atoms with Gasteiger partial charge in [0.25, 0.3) is 5.91 Å². The van der Waals surface area contributed by atoms with Crippen LogP contribution in [0.2, 0.25) is 0 Å². The Labute approximate surface area is 159 Å². The van der Waals surface area contributed by atoms with Crippen LogP contribution >= 0.6 is 22.6 Å². The molecular formula is C18H14INO4S. The highest BCUT2D eigenvalue weighted by Gasteiger charge is 2.19. The van der Waals surface area contributed by atoms with Crippen LogP contribution in [0.3, 0.4) is 0 Å². The Morgan fingerprint density at radius 3 is 2.36 bits per heavy atom. The summed E-state index contributed by atoms with van der Waals surface area (Å²) in [4.78, 5) is 12.5. The number of carbonyl (C=O) groups is 1. The maximum atomic E-state index is 12.4. The van der Waals surface area contributed by atoms with E-state index in [4.69, 9.17) is 4.42 Å². The van der Waals surface area contributed by atoms with E-state index in [1.807, 2.05) is 18.2 Å². The predicted octanol–water partition coefficient (Wildman–Crippen LogP) is 4.11. The van der Waals surface area contributed by atoms with Gasteiger partial charge in [0.2, 0.25) is 0 Å². The highest BCUT2D eigenvalue weighted by molar-refractivity contribution is 14.1. The van der Waals surface area contributed by atoms with Crippen LogP contribution in [0.15, 0.2) is 76.0 Å². The average Bonchev–Trinajstić information content (AvgIpc) is 3.06. The number of hydrogen-bond acceptors (Lipinski definition) is 4. The summed E-state index contributed by atoms with van der Waals surface area (Å²) in [6.07, 6.45) is 0. The minimum atomic E-state index is -3.52. The third-order valence-electron chi connectivity index (χ3n) is 3.44. The SMILES string of the molecule is O=C(Nc1ccccc1I)c1ccc(CS(=O)(=O)c2ccccc2)o1. The van der Waals surface area contributed by atoms with Crippen molar-refractivity contribution in [2.75, 3.05) is 5.32 Å². The number of amides is 1. The van der Waals surface area contributed by atoms with E-state index in [2.05, 4.69) is 27.9 Å². The second-order valence-electron chi connectivity index (χ2n) is 5.27. The van der Waals surface area contributed by atoms with E-state index in [9.17, 15) is 13.2 Å². The van der Waals surface area contributed by atoms with E-state index in [0.717, 1.165) is 3.57 Å².